The lowest BCUT2D eigenvalue weighted by Crippen LogP contribution is -2.08. The Morgan fingerprint density at radius 3 is 2.71 bits per heavy atom. The molecular weight excluding hydrogens is 176 g/mol. The van der Waals surface area contributed by atoms with Crippen LogP contribution in [0, 0.1) is 11.8 Å². The molecule has 2 nitrogen and oxygen atoms in total. The number of ether oxygens (including phenoxy) is 1. The Balaban J connectivity index is 2.39. The molecular formula is C12H12O2. The Kier molecular flexibility index (Phi) is 4.46. The molecule has 0 radical (unpaired) electrons. The Bertz CT molecular complexity index is 344. The molecule has 0 atom stereocenters. The lowest BCUT2D eigenvalue weighted by Gasteiger charge is -1.99. The Morgan fingerprint density at radius 1 is 1.36 bits per heavy atom. The van der Waals surface area contributed by atoms with Gasteiger partial charge in [0, 0.05) is 5.56 Å². The zero-order chi connectivity index (χ0) is 10.2. The van der Waals surface area contributed by atoms with Crippen LogP contribution in [0.25, 0.3) is 0 Å². The molecule has 1 aromatic carbocycles. The predicted octanol–water partition coefficient (Wildman–Crippen LogP) is 1.91. The average molecular weight is 188 g/mol. The van der Waals surface area contributed by atoms with Crippen LogP contribution in [0.3, 0.4) is 0 Å². The van der Waals surface area contributed by atoms with Gasteiger partial charge in [-0.05, 0) is 6.92 Å². The Hall–Kier alpha value is -1.59. The summed E-state index contributed by atoms with van der Waals surface area (Å²) in [4.78, 5) is 11.4. The number of carbonyl (C=O) groups is 1. The second-order valence-electron chi connectivity index (χ2n) is 2.71. The minimum Gasteiger partial charge on any atom is -0.361 e. The fourth-order valence-electron chi connectivity index (χ4n) is 0.974. The molecule has 0 aromatic heterocycles. The normalized spacial score (nSPS) is 8.93. The summed E-state index contributed by atoms with van der Waals surface area (Å²) in [5.41, 5.74) is 0.678. The van der Waals surface area contributed by atoms with E-state index in [0.717, 1.165) is 0 Å². The minimum atomic E-state index is -0.0106. The van der Waals surface area contributed by atoms with Gasteiger partial charge in [0.2, 0.25) is 0 Å². The molecule has 0 bridgehead atoms. The maximum atomic E-state index is 11.4. The van der Waals surface area contributed by atoms with Crippen LogP contribution >= 0.6 is 0 Å². The van der Waals surface area contributed by atoms with Crippen LogP contribution in [0.15, 0.2) is 30.3 Å². The number of benzene rings is 1. The first-order chi connectivity index (χ1) is 6.84. The first-order valence-corrected chi connectivity index (χ1v) is 4.40. The van der Waals surface area contributed by atoms with E-state index >= 15 is 0 Å². The average Bonchev–Trinajstić information content (AvgIpc) is 2.25. The van der Waals surface area contributed by atoms with Gasteiger partial charge in [-0.1, -0.05) is 36.3 Å². The van der Waals surface area contributed by atoms with E-state index in [2.05, 4.69) is 11.8 Å². The van der Waals surface area contributed by atoms with Crippen molar-refractivity contribution in [2.24, 2.45) is 0 Å². The fraction of sp³-hybridized carbons (Fsp3) is 0.250. The van der Waals surface area contributed by atoms with Crippen molar-refractivity contribution < 1.29 is 9.53 Å². The molecule has 14 heavy (non-hydrogen) atoms. The van der Waals surface area contributed by atoms with Crippen molar-refractivity contribution in [3.63, 3.8) is 0 Å². The molecule has 0 saturated heterocycles. The summed E-state index contributed by atoms with van der Waals surface area (Å²) in [7, 11) is 0. The third-order valence-corrected chi connectivity index (χ3v) is 1.68. The highest BCUT2D eigenvalue weighted by Gasteiger charge is 2.03. The van der Waals surface area contributed by atoms with Crippen LogP contribution in [0.2, 0.25) is 0 Å². The second kappa shape index (κ2) is 5.95. The Labute approximate surface area is 83.9 Å². The fourth-order valence-corrected chi connectivity index (χ4v) is 0.974. The monoisotopic (exact) mass is 188 g/mol. The largest absolute Gasteiger partial charge is 0.361 e. The molecule has 0 aliphatic rings. The maximum absolute atomic E-state index is 11.4. The number of hydrogen-bond donors (Lipinski definition) is 0. The molecule has 0 amide bonds. The quantitative estimate of drug-likeness (QED) is 0.410. The van der Waals surface area contributed by atoms with Crippen LogP contribution in [-0.4, -0.2) is 19.0 Å². The molecule has 0 aliphatic carbocycles. The summed E-state index contributed by atoms with van der Waals surface area (Å²) >= 11 is 0. The van der Waals surface area contributed by atoms with Gasteiger partial charge >= 0.3 is 0 Å². The number of carbonyl (C=O) groups excluding carboxylic acids is 1. The van der Waals surface area contributed by atoms with Gasteiger partial charge < -0.3 is 4.74 Å². The molecule has 0 saturated carbocycles. The van der Waals surface area contributed by atoms with Crippen LogP contribution in [0.1, 0.15) is 17.3 Å². The third kappa shape index (κ3) is 3.42. The zero-order valence-corrected chi connectivity index (χ0v) is 8.12. The first kappa shape index (κ1) is 10.5. The van der Waals surface area contributed by atoms with Gasteiger partial charge in [0.05, 0.1) is 0 Å². The van der Waals surface area contributed by atoms with Crippen molar-refractivity contribution in [1.29, 1.82) is 0 Å². The number of ketones is 1. The van der Waals surface area contributed by atoms with Crippen LogP contribution < -0.4 is 0 Å². The minimum absolute atomic E-state index is 0.0106. The van der Waals surface area contributed by atoms with Crippen molar-refractivity contribution in [2.45, 2.75) is 6.92 Å². The molecule has 0 spiro atoms. The van der Waals surface area contributed by atoms with Gasteiger partial charge in [0.1, 0.15) is 13.2 Å². The smallest absolute Gasteiger partial charge is 0.188 e. The summed E-state index contributed by atoms with van der Waals surface area (Å²) in [6.07, 6.45) is 0. The highest BCUT2D eigenvalue weighted by atomic mass is 16.5. The summed E-state index contributed by atoms with van der Waals surface area (Å²) in [6.45, 7) is 2.15. The van der Waals surface area contributed by atoms with Crippen LogP contribution in [0.5, 0.6) is 0 Å². The summed E-state index contributed by atoms with van der Waals surface area (Å²) in [6, 6.07) is 9.09. The highest BCUT2D eigenvalue weighted by molar-refractivity contribution is 5.96. The number of rotatable bonds is 4. The van der Waals surface area contributed by atoms with Crippen molar-refractivity contribution in [3.05, 3.63) is 35.9 Å². The molecule has 1 aromatic rings. The summed E-state index contributed by atoms with van der Waals surface area (Å²) in [5, 5.41) is 0. The molecule has 0 fully saturated rings. The van der Waals surface area contributed by atoms with E-state index < -0.39 is 0 Å². The number of hydrogen-bond acceptors (Lipinski definition) is 2. The molecule has 0 N–H and O–H groups in total. The molecule has 1 rings (SSSR count). The van der Waals surface area contributed by atoms with Gasteiger partial charge in [-0.25, -0.2) is 0 Å². The highest BCUT2D eigenvalue weighted by Crippen LogP contribution is 1.99. The molecule has 0 unspecified atom stereocenters. The standard InChI is InChI=1S/C12H12O2/c1-2-3-9-14-10-12(13)11-7-5-4-6-8-11/h4-8H,9-10H2,1H3. The lowest BCUT2D eigenvalue weighted by atomic mass is 10.1. The lowest BCUT2D eigenvalue weighted by molar-refractivity contribution is 0.0812. The van der Waals surface area contributed by atoms with Gasteiger partial charge in [-0.2, -0.15) is 0 Å². The first-order valence-electron chi connectivity index (χ1n) is 4.40. The van der Waals surface area contributed by atoms with Crippen LogP contribution in [-0.2, 0) is 4.74 Å². The van der Waals surface area contributed by atoms with Gasteiger partial charge in [-0.3, -0.25) is 4.79 Å². The molecule has 2 heteroatoms. The van der Waals surface area contributed by atoms with E-state index in [1.54, 1.807) is 19.1 Å². The van der Waals surface area contributed by atoms with Crippen molar-refractivity contribution in [3.8, 4) is 11.8 Å². The third-order valence-electron chi connectivity index (χ3n) is 1.68. The van der Waals surface area contributed by atoms with Gasteiger partial charge in [0.25, 0.3) is 0 Å². The van der Waals surface area contributed by atoms with E-state index in [0.29, 0.717) is 12.2 Å². The number of Topliss-reactive ketones (excluding diaryl/α,β-unsaturated/α-hetero) is 1. The molecule has 72 valence electrons. The van der Waals surface area contributed by atoms with Crippen LogP contribution in [0.4, 0.5) is 0 Å². The summed E-state index contributed by atoms with van der Waals surface area (Å²) in [5.74, 6) is 5.41. The SMILES string of the molecule is CC#CCOCC(=O)c1ccccc1. The van der Waals surface area contributed by atoms with E-state index in [1.807, 2.05) is 18.2 Å². The topological polar surface area (TPSA) is 26.3 Å². The van der Waals surface area contributed by atoms with E-state index in [4.69, 9.17) is 4.74 Å². The Morgan fingerprint density at radius 2 is 2.07 bits per heavy atom. The predicted molar refractivity (Wildman–Crippen MR) is 55.0 cm³/mol. The zero-order valence-electron chi connectivity index (χ0n) is 8.12. The summed E-state index contributed by atoms with van der Waals surface area (Å²) < 4.78 is 5.07. The molecule has 0 heterocycles. The van der Waals surface area contributed by atoms with E-state index in [9.17, 15) is 4.79 Å². The van der Waals surface area contributed by atoms with Crippen molar-refractivity contribution >= 4 is 5.78 Å². The van der Waals surface area contributed by atoms with Crippen molar-refractivity contribution in [1.82, 2.24) is 0 Å². The van der Waals surface area contributed by atoms with Gasteiger partial charge in [0.15, 0.2) is 5.78 Å². The van der Waals surface area contributed by atoms with Crippen molar-refractivity contribution in [2.75, 3.05) is 13.2 Å². The maximum Gasteiger partial charge on any atom is 0.188 e. The molecule has 0 aliphatic heterocycles. The second-order valence-corrected chi connectivity index (χ2v) is 2.71. The van der Waals surface area contributed by atoms with E-state index in [1.165, 1.54) is 0 Å². The van der Waals surface area contributed by atoms with E-state index in [-0.39, 0.29) is 12.4 Å². The van der Waals surface area contributed by atoms with Gasteiger partial charge in [-0.15, -0.1) is 5.92 Å².